The molecule has 0 aliphatic carbocycles. The van der Waals surface area contributed by atoms with Gasteiger partial charge in [0.05, 0.1) is 17.9 Å². The molecule has 1 heterocycles. The predicted octanol–water partition coefficient (Wildman–Crippen LogP) is 3.09. The van der Waals surface area contributed by atoms with Crippen LogP contribution in [0.2, 0.25) is 0 Å². The van der Waals surface area contributed by atoms with Gasteiger partial charge in [-0.25, -0.2) is 4.68 Å². The molecular weight excluding hydrogens is 248 g/mol. The third-order valence-corrected chi connectivity index (χ3v) is 3.39. The Hall–Kier alpha value is -1.68. The molecule has 2 rings (SSSR count). The van der Waals surface area contributed by atoms with Crippen LogP contribution in [0.15, 0.2) is 30.5 Å². The molecule has 0 spiro atoms. The Morgan fingerprint density at radius 2 is 1.90 bits per heavy atom. The smallest absolute Gasteiger partial charge is 0.0801 e. The Bertz CT molecular complexity index is 516. The fourth-order valence-corrected chi connectivity index (χ4v) is 2.32. The summed E-state index contributed by atoms with van der Waals surface area (Å²) in [7, 11) is 0. The Labute approximate surface area is 121 Å². The van der Waals surface area contributed by atoms with Crippen LogP contribution in [0.1, 0.15) is 49.6 Å². The van der Waals surface area contributed by atoms with Gasteiger partial charge in [-0.05, 0) is 31.9 Å². The van der Waals surface area contributed by atoms with Crippen molar-refractivity contribution in [1.29, 1.82) is 0 Å². The van der Waals surface area contributed by atoms with Crippen LogP contribution in [0, 0.1) is 6.92 Å². The molecule has 2 aromatic rings. The number of hydrogen-bond donors (Lipinski definition) is 1. The monoisotopic (exact) mass is 272 g/mol. The van der Waals surface area contributed by atoms with Crippen LogP contribution >= 0.6 is 0 Å². The first kappa shape index (κ1) is 14.7. The lowest BCUT2D eigenvalue weighted by molar-refractivity contribution is 0.504. The van der Waals surface area contributed by atoms with E-state index in [0.717, 1.165) is 31.6 Å². The highest BCUT2D eigenvalue weighted by atomic mass is 15.4. The normalized spacial score (nSPS) is 12.6. The molecule has 1 aromatic heterocycles. The molecular formula is C16H24N4. The molecule has 4 heteroatoms. The van der Waals surface area contributed by atoms with E-state index >= 15 is 0 Å². The van der Waals surface area contributed by atoms with E-state index in [1.54, 1.807) is 0 Å². The standard InChI is InChI=1S/C16H24N4/c1-4-10-17-16(14-8-6-13(3)7-9-14)15-12-18-19-20(15)11-5-2/h6-9,12,16-17H,4-5,10-11H2,1-3H3. The summed E-state index contributed by atoms with van der Waals surface area (Å²) >= 11 is 0. The number of hydrogen-bond acceptors (Lipinski definition) is 3. The van der Waals surface area contributed by atoms with E-state index in [9.17, 15) is 0 Å². The van der Waals surface area contributed by atoms with Gasteiger partial charge >= 0.3 is 0 Å². The summed E-state index contributed by atoms with van der Waals surface area (Å²) in [6.07, 6.45) is 4.05. The molecule has 0 saturated heterocycles. The van der Waals surface area contributed by atoms with Crippen molar-refractivity contribution in [3.05, 3.63) is 47.3 Å². The number of benzene rings is 1. The quantitative estimate of drug-likeness (QED) is 0.842. The zero-order chi connectivity index (χ0) is 14.4. The van der Waals surface area contributed by atoms with Crippen molar-refractivity contribution >= 4 is 0 Å². The topological polar surface area (TPSA) is 42.7 Å². The molecule has 108 valence electrons. The van der Waals surface area contributed by atoms with Crippen molar-refractivity contribution < 1.29 is 0 Å². The van der Waals surface area contributed by atoms with Crippen LogP contribution < -0.4 is 5.32 Å². The second-order valence-corrected chi connectivity index (χ2v) is 5.18. The van der Waals surface area contributed by atoms with Crippen LogP contribution in [0.5, 0.6) is 0 Å². The summed E-state index contributed by atoms with van der Waals surface area (Å²) in [5.74, 6) is 0. The van der Waals surface area contributed by atoms with E-state index in [0.29, 0.717) is 0 Å². The van der Waals surface area contributed by atoms with Crippen molar-refractivity contribution in [3.63, 3.8) is 0 Å². The molecule has 0 aliphatic heterocycles. The van der Waals surface area contributed by atoms with Crippen molar-refractivity contribution in [2.45, 2.75) is 46.2 Å². The van der Waals surface area contributed by atoms with E-state index in [1.807, 2.05) is 10.9 Å². The lowest BCUT2D eigenvalue weighted by atomic mass is 10.0. The highest BCUT2D eigenvalue weighted by molar-refractivity contribution is 5.29. The van der Waals surface area contributed by atoms with Crippen molar-refractivity contribution in [1.82, 2.24) is 20.3 Å². The summed E-state index contributed by atoms with van der Waals surface area (Å²) in [5, 5.41) is 11.9. The minimum Gasteiger partial charge on any atom is -0.305 e. The van der Waals surface area contributed by atoms with Gasteiger partial charge in [0.1, 0.15) is 0 Å². The molecule has 1 unspecified atom stereocenters. The average Bonchev–Trinajstić information content (AvgIpc) is 2.90. The molecule has 0 amide bonds. The van der Waals surface area contributed by atoms with Gasteiger partial charge in [-0.3, -0.25) is 0 Å². The molecule has 1 aromatic carbocycles. The van der Waals surface area contributed by atoms with Gasteiger partial charge in [-0.2, -0.15) is 0 Å². The summed E-state index contributed by atoms with van der Waals surface area (Å²) < 4.78 is 2.01. The maximum Gasteiger partial charge on any atom is 0.0801 e. The summed E-state index contributed by atoms with van der Waals surface area (Å²) in [5.41, 5.74) is 3.69. The maximum absolute atomic E-state index is 4.20. The fourth-order valence-electron chi connectivity index (χ4n) is 2.32. The third-order valence-electron chi connectivity index (χ3n) is 3.39. The lowest BCUT2D eigenvalue weighted by Gasteiger charge is -2.20. The molecule has 1 atom stereocenters. The Balaban J connectivity index is 2.31. The maximum atomic E-state index is 4.20. The van der Waals surface area contributed by atoms with Gasteiger partial charge in [0.15, 0.2) is 0 Å². The van der Waals surface area contributed by atoms with Gasteiger partial charge in [-0.1, -0.05) is 48.9 Å². The van der Waals surface area contributed by atoms with Gasteiger partial charge in [0.2, 0.25) is 0 Å². The zero-order valence-corrected chi connectivity index (χ0v) is 12.6. The lowest BCUT2D eigenvalue weighted by Crippen LogP contribution is -2.26. The number of aromatic nitrogens is 3. The van der Waals surface area contributed by atoms with E-state index < -0.39 is 0 Å². The number of nitrogens with one attached hydrogen (secondary N) is 1. The Morgan fingerprint density at radius 1 is 1.15 bits per heavy atom. The second-order valence-electron chi connectivity index (χ2n) is 5.18. The van der Waals surface area contributed by atoms with Crippen LogP contribution in [-0.4, -0.2) is 21.5 Å². The Kier molecular flexibility index (Phi) is 5.30. The fraction of sp³-hybridized carbons (Fsp3) is 0.500. The van der Waals surface area contributed by atoms with Gasteiger partial charge in [-0.15, -0.1) is 5.10 Å². The summed E-state index contributed by atoms with van der Waals surface area (Å²) in [6, 6.07) is 8.85. The van der Waals surface area contributed by atoms with Gasteiger partial charge in [0.25, 0.3) is 0 Å². The third kappa shape index (κ3) is 3.45. The van der Waals surface area contributed by atoms with E-state index in [-0.39, 0.29) is 6.04 Å². The summed E-state index contributed by atoms with van der Waals surface area (Å²) in [6.45, 7) is 8.34. The number of rotatable bonds is 7. The van der Waals surface area contributed by atoms with Crippen molar-refractivity contribution in [2.24, 2.45) is 0 Å². The molecule has 0 saturated carbocycles. The molecule has 1 N–H and O–H groups in total. The SMILES string of the molecule is CCCNC(c1ccc(C)cc1)c1cnnn1CCC. The molecule has 0 fully saturated rings. The second kappa shape index (κ2) is 7.20. The molecule has 0 radical (unpaired) electrons. The van der Waals surface area contributed by atoms with Crippen molar-refractivity contribution in [3.8, 4) is 0 Å². The zero-order valence-electron chi connectivity index (χ0n) is 12.6. The van der Waals surface area contributed by atoms with Crippen LogP contribution in [0.3, 0.4) is 0 Å². The van der Waals surface area contributed by atoms with Crippen LogP contribution in [0.25, 0.3) is 0 Å². The van der Waals surface area contributed by atoms with E-state index in [2.05, 4.69) is 60.7 Å². The largest absolute Gasteiger partial charge is 0.305 e. The van der Waals surface area contributed by atoms with E-state index in [1.165, 1.54) is 11.1 Å². The first-order valence-electron chi connectivity index (χ1n) is 7.44. The minimum atomic E-state index is 0.164. The van der Waals surface area contributed by atoms with E-state index in [4.69, 9.17) is 0 Å². The number of nitrogens with zero attached hydrogens (tertiary/aromatic N) is 3. The molecule has 4 nitrogen and oxygen atoms in total. The first-order chi connectivity index (χ1) is 9.76. The highest BCUT2D eigenvalue weighted by Crippen LogP contribution is 2.22. The molecule has 0 aliphatic rings. The van der Waals surface area contributed by atoms with Gasteiger partial charge < -0.3 is 5.32 Å². The number of aryl methyl sites for hydroxylation is 2. The molecule has 20 heavy (non-hydrogen) atoms. The Morgan fingerprint density at radius 3 is 2.55 bits per heavy atom. The van der Waals surface area contributed by atoms with Crippen LogP contribution in [-0.2, 0) is 6.54 Å². The summed E-state index contributed by atoms with van der Waals surface area (Å²) in [4.78, 5) is 0. The van der Waals surface area contributed by atoms with Gasteiger partial charge in [0, 0.05) is 6.54 Å². The molecule has 0 bridgehead atoms. The van der Waals surface area contributed by atoms with Crippen LogP contribution in [0.4, 0.5) is 0 Å². The minimum absolute atomic E-state index is 0.164. The first-order valence-corrected chi connectivity index (χ1v) is 7.44. The van der Waals surface area contributed by atoms with Crippen molar-refractivity contribution in [2.75, 3.05) is 6.54 Å². The predicted molar refractivity (Wildman–Crippen MR) is 81.6 cm³/mol. The average molecular weight is 272 g/mol. The highest BCUT2D eigenvalue weighted by Gasteiger charge is 2.18.